The predicted molar refractivity (Wildman–Crippen MR) is 120 cm³/mol. The topological polar surface area (TPSA) is 137 Å². The molecule has 3 rings (SSSR count). The van der Waals surface area contributed by atoms with E-state index in [-0.39, 0.29) is 35.3 Å². The van der Waals surface area contributed by atoms with Crippen LogP contribution >= 0.6 is 0 Å². The average Bonchev–Trinajstić information content (AvgIpc) is 3.50. The first-order valence-corrected chi connectivity index (χ1v) is 11.9. The number of aldehydes is 1. The van der Waals surface area contributed by atoms with E-state index in [0.717, 1.165) is 6.42 Å². The van der Waals surface area contributed by atoms with E-state index < -0.39 is 41.5 Å². The Morgan fingerprint density at radius 2 is 1.94 bits per heavy atom. The van der Waals surface area contributed by atoms with Gasteiger partial charge in [0.25, 0.3) is 0 Å². The highest BCUT2D eigenvalue weighted by atomic mass is 16.7. The summed E-state index contributed by atoms with van der Waals surface area (Å²) in [5.74, 6) is -1.94. The Morgan fingerprint density at radius 1 is 1.24 bits per heavy atom. The molecule has 0 radical (unpaired) electrons. The molecule has 0 bridgehead atoms. The second-order valence-corrected chi connectivity index (χ2v) is 9.67. The fraction of sp³-hybridized carbons (Fsp3) is 0.680. The van der Waals surface area contributed by atoms with Crippen molar-refractivity contribution in [1.82, 2.24) is 0 Å². The Kier molecular flexibility index (Phi) is 7.84. The zero-order chi connectivity index (χ0) is 24.5. The highest BCUT2D eigenvalue weighted by molar-refractivity contribution is 6.04. The van der Waals surface area contributed by atoms with E-state index in [1.165, 1.54) is 6.07 Å². The van der Waals surface area contributed by atoms with Crippen LogP contribution in [0.3, 0.4) is 0 Å². The lowest BCUT2D eigenvalue weighted by Crippen LogP contribution is -2.55. The maximum absolute atomic E-state index is 13.7. The highest BCUT2D eigenvalue weighted by Crippen LogP contribution is 2.50. The van der Waals surface area contributed by atoms with Gasteiger partial charge in [-0.25, -0.2) is 0 Å². The number of ether oxygens (including phenoxy) is 2. The van der Waals surface area contributed by atoms with Crippen molar-refractivity contribution in [3.05, 3.63) is 22.8 Å². The summed E-state index contributed by atoms with van der Waals surface area (Å²) in [4.78, 5) is 25.3. The number of hydrogen-bond donors (Lipinski definition) is 4. The molecular formula is C25H36O8. The van der Waals surface area contributed by atoms with Gasteiger partial charge in [-0.05, 0) is 36.8 Å². The summed E-state index contributed by atoms with van der Waals surface area (Å²) in [6.45, 7) is 7.76. The molecule has 4 N–H and O–H groups in total. The number of aliphatic hydroxyl groups is 2. The number of phenols is 2. The molecule has 1 spiro atoms. The number of ketones is 1. The number of epoxide rings is 1. The van der Waals surface area contributed by atoms with Crippen LogP contribution in [0.2, 0.25) is 0 Å². The molecule has 6 atom stereocenters. The van der Waals surface area contributed by atoms with E-state index in [9.17, 15) is 30.0 Å². The summed E-state index contributed by atoms with van der Waals surface area (Å²) >= 11 is 0. The zero-order valence-corrected chi connectivity index (χ0v) is 19.8. The first-order valence-electron chi connectivity index (χ1n) is 11.9. The molecular weight excluding hydrogens is 428 g/mol. The molecule has 2 saturated heterocycles. The third kappa shape index (κ3) is 4.67. The SMILES string of the molecule is CCCCC(C(=O)c1cc(CC(C)C)c(O)c(C=O)c1O)C1CC(O)C2(OC2CC)C(O)O1. The van der Waals surface area contributed by atoms with Crippen LogP contribution in [0.25, 0.3) is 0 Å². The van der Waals surface area contributed by atoms with Crippen molar-refractivity contribution < 1.29 is 39.5 Å². The fourth-order valence-corrected chi connectivity index (χ4v) is 5.03. The molecule has 1 aromatic rings. The molecule has 2 aliphatic heterocycles. The van der Waals surface area contributed by atoms with Crippen LogP contribution in [0.5, 0.6) is 11.5 Å². The number of rotatable bonds is 10. The largest absolute Gasteiger partial charge is 0.507 e. The van der Waals surface area contributed by atoms with Gasteiger partial charge in [0, 0.05) is 12.3 Å². The van der Waals surface area contributed by atoms with Crippen molar-refractivity contribution in [3.8, 4) is 11.5 Å². The van der Waals surface area contributed by atoms with Crippen LogP contribution in [0.1, 0.15) is 86.1 Å². The number of carbonyl (C=O) groups is 2. The number of aliphatic hydroxyl groups excluding tert-OH is 2. The van der Waals surface area contributed by atoms with Crippen LogP contribution in [0.15, 0.2) is 6.07 Å². The smallest absolute Gasteiger partial charge is 0.189 e. The molecule has 8 nitrogen and oxygen atoms in total. The molecule has 2 heterocycles. The summed E-state index contributed by atoms with van der Waals surface area (Å²) < 4.78 is 11.4. The zero-order valence-electron chi connectivity index (χ0n) is 19.8. The Morgan fingerprint density at radius 3 is 2.45 bits per heavy atom. The van der Waals surface area contributed by atoms with Crippen LogP contribution in [-0.4, -0.2) is 62.7 Å². The number of Topliss-reactive ketones (excluding diaryl/α,β-unsaturated/α-hetero) is 1. The van der Waals surface area contributed by atoms with Crippen LogP contribution < -0.4 is 0 Å². The van der Waals surface area contributed by atoms with Crippen molar-refractivity contribution in [3.63, 3.8) is 0 Å². The van der Waals surface area contributed by atoms with E-state index in [2.05, 4.69) is 0 Å². The van der Waals surface area contributed by atoms with Gasteiger partial charge in [0.2, 0.25) is 0 Å². The van der Waals surface area contributed by atoms with Crippen molar-refractivity contribution in [2.45, 2.75) is 96.4 Å². The molecule has 1 aromatic carbocycles. The minimum absolute atomic E-state index is 0.0615. The molecule has 0 aliphatic carbocycles. The molecule has 0 amide bonds. The van der Waals surface area contributed by atoms with E-state index in [1.807, 2.05) is 27.7 Å². The van der Waals surface area contributed by atoms with Crippen molar-refractivity contribution >= 4 is 12.1 Å². The van der Waals surface area contributed by atoms with E-state index in [1.54, 1.807) is 0 Å². The van der Waals surface area contributed by atoms with Gasteiger partial charge in [-0.1, -0.05) is 40.5 Å². The van der Waals surface area contributed by atoms with Gasteiger partial charge in [-0.15, -0.1) is 0 Å². The minimum Gasteiger partial charge on any atom is -0.507 e. The molecule has 8 heteroatoms. The van der Waals surface area contributed by atoms with Gasteiger partial charge >= 0.3 is 0 Å². The minimum atomic E-state index is -1.37. The maximum atomic E-state index is 13.7. The lowest BCUT2D eigenvalue weighted by atomic mass is 9.80. The van der Waals surface area contributed by atoms with Crippen molar-refractivity contribution in [1.29, 1.82) is 0 Å². The second kappa shape index (κ2) is 10.1. The van der Waals surface area contributed by atoms with Crippen LogP contribution in [0.4, 0.5) is 0 Å². The Labute approximate surface area is 194 Å². The van der Waals surface area contributed by atoms with Gasteiger partial charge in [-0.3, -0.25) is 9.59 Å². The van der Waals surface area contributed by atoms with Crippen molar-refractivity contribution in [2.75, 3.05) is 0 Å². The third-order valence-electron chi connectivity index (χ3n) is 6.88. The summed E-state index contributed by atoms with van der Waals surface area (Å²) in [5.41, 5.74) is -1.12. The molecule has 0 aromatic heterocycles. The Hall–Kier alpha value is -2.00. The predicted octanol–water partition coefficient (Wildman–Crippen LogP) is 3.11. The summed E-state index contributed by atoms with van der Waals surface area (Å²) in [6, 6.07) is 1.44. The molecule has 0 saturated carbocycles. The summed E-state index contributed by atoms with van der Waals surface area (Å²) in [5, 5.41) is 42.5. The molecule has 184 valence electrons. The quantitative estimate of drug-likeness (QED) is 0.235. The fourth-order valence-electron chi connectivity index (χ4n) is 5.03. The van der Waals surface area contributed by atoms with Gasteiger partial charge < -0.3 is 29.9 Å². The standard InChI is InChI=1S/C25H36O8/c1-5-7-8-15(18-11-19(27)25(24(31)32-18)20(6-2)33-25)22(29)16-10-14(9-13(3)4)21(28)17(12-26)23(16)30/h10,12-13,15,18-20,24,27-28,30-31H,5-9,11H2,1-4H3. The van der Waals surface area contributed by atoms with Gasteiger partial charge in [-0.2, -0.15) is 0 Å². The van der Waals surface area contributed by atoms with E-state index in [4.69, 9.17) is 9.47 Å². The number of aromatic hydroxyl groups is 2. The first-order chi connectivity index (χ1) is 15.6. The molecule has 6 unspecified atom stereocenters. The van der Waals surface area contributed by atoms with Crippen molar-refractivity contribution in [2.24, 2.45) is 11.8 Å². The summed E-state index contributed by atoms with van der Waals surface area (Å²) in [6.07, 6.45) is -0.0511. The number of carbonyl (C=O) groups excluding carboxylic acids is 2. The average molecular weight is 465 g/mol. The highest BCUT2D eigenvalue weighted by Gasteiger charge is 2.68. The normalized spacial score (nSPS) is 29.9. The lowest BCUT2D eigenvalue weighted by molar-refractivity contribution is -0.239. The van der Waals surface area contributed by atoms with Gasteiger partial charge in [0.05, 0.1) is 29.4 Å². The Bertz CT molecular complexity index is 868. The monoisotopic (exact) mass is 464 g/mol. The van der Waals surface area contributed by atoms with E-state index >= 15 is 0 Å². The second-order valence-electron chi connectivity index (χ2n) is 9.67. The number of benzene rings is 1. The molecule has 33 heavy (non-hydrogen) atoms. The number of hydrogen-bond acceptors (Lipinski definition) is 8. The van der Waals surface area contributed by atoms with Gasteiger partial charge in [0.15, 0.2) is 24.0 Å². The Balaban J connectivity index is 1.95. The lowest BCUT2D eigenvalue weighted by Gasteiger charge is -2.39. The molecule has 2 aliphatic rings. The third-order valence-corrected chi connectivity index (χ3v) is 6.88. The number of unbranched alkanes of at least 4 members (excludes halogenated alkanes) is 1. The van der Waals surface area contributed by atoms with Crippen LogP contribution in [-0.2, 0) is 15.9 Å². The first kappa shape index (κ1) is 25.6. The molecule has 2 fully saturated rings. The van der Waals surface area contributed by atoms with Gasteiger partial charge in [0.1, 0.15) is 11.5 Å². The maximum Gasteiger partial charge on any atom is 0.189 e. The number of phenolic OH excluding ortho intramolecular Hbond substituents is 2. The van der Waals surface area contributed by atoms with E-state index in [0.29, 0.717) is 37.5 Å². The van der Waals surface area contributed by atoms with Crippen LogP contribution in [0, 0.1) is 11.8 Å². The summed E-state index contributed by atoms with van der Waals surface area (Å²) in [7, 11) is 0.